The molecule has 0 aromatic heterocycles. The number of nitriles is 1. The first kappa shape index (κ1) is 15.2. The maximum Gasteiger partial charge on any atom is 0.245 e. The molecule has 0 saturated carbocycles. The lowest BCUT2D eigenvalue weighted by molar-refractivity contribution is -0.117. The van der Waals surface area contributed by atoms with Crippen LogP contribution in [-0.2, 0) is 21.1 Å². The molecule has 1 amide bonds. The Morgan fingerprint density at radius 1 is 1.32 bits per heavy atom. The molecule has 0 aliphatic carbocycles. The molecule has 0 saturated heterocycles. The summed E-state index contributed by atoms with van der Waals surface area (Å²) in [6.07, 6.45) is 1.33. The van der Waals surface area contributed by atoms with Crippen LogP contribution in [-0.4, -0.2) is 25.3 Å². The lowest BCUT2D eigenvalue weighted by atomic mass is 10.1. The van der Waals surface area contributed by atoms with E-state index in [9.17, 15) is 13.2 Å². The SMILES string of the molecule is CC(C)(C(=O)Nc1ccc(CC#N)cc1)S(C)(=O)=O. The van der Waals surface area contributed by atoms with Gasteiger partial charge in [-0.1, -0.05) is 12.1 Å². The Balaban J connectivity index is 2.87. The molecule has 1 aromatic carbocycles. The summed E-state index contributed by atoms with van der Waals surface area (Å²) in [6.45, 7) is 2.73. The summed E-state index contributed by atoms with van der Waals surface area (Å²) < 4.78 is 21.6. The second-order valence-electron chi connectivity index (χ2n) is 4.77. The fraction of sp³-hybridized carbons (Fsp3) is 0.385. The van der Waals surface area contributed by atoms with E-state index < -0.39 is 20.5 Å². The minimum atomic E-state index is -3.49. The second-order valence-corrected chi connectivity index (χ2v) is 7.33. The van der Waals surface area contributed by atoms with Gasteiger partial charge in [-0.3, -0.25) is 4.79 Å². The Morgan fingerprint density at radius 3 is 2.26 bits per heavy atom. The first-order chi connectivity index (χ1) is 8.68. The third kappa shape index (κ3) is 3.55. The zero-order valence-corrected chi connectivity index (χ0v) is 11.9. The van der Waals surface area contributed by atoms with Gasteiger partial charge in [-0.25, -0.2) is 8.42 Å². The Morgan fingerprint density at radius 2 is 1.84 bits per heavy atom. The van der Waals surface area contributed by atoms with Crippen molar-refractivity contribution in [3.8, 4) is 6.07 Å². The van der Waals surface area contributed by atoms with E-state index in [1.165, 1.54) is 13.8 Å². The van der Waals surface area contributed by atoms with Crippen LogP contribution in [0.4, 0.5) is 5.69 Å². The first-order valence-corrected chi connectivity index (χ1v) is 7.54. The molecular weight excluding hydrogens is 264 g/mol. The zero-order chi connectivity index (χ0) is 14.7. The van der Waals surface area contributed by atoms with E-state index in [1.54, 1.807) is 24.3 Å². The largest absolute Gasteiger partial charge is 0.325 e. The lowest BCUT2D eigenvalue weighted by Crippen LogP contribution is -2.43. The molecule has 0 radical (unpaired) electrons. The highest BCUT2D eigenvalue weighted by Crippen LogP contribution is 2.18. The van der Waals surface area contributed by atoms with Gasteiger partial charge < -0.3 is 5.32 Å². The smallest absolute Gasteiger partial charge is 0.245 e. The van der Waals surface area contributed by atoms with Gasteiger partial charge >= 0.3 is 0 Å². The van der Waals surface area contributed by atoms with Crippen LogP contribution in [0.2, 0.25) is 0 Å². The third-order valence-electron chi connectivity index (χ3n) is 2.97. The monoisotopic (exact) mass is 280 g/mol. The molecule has 6 heteroatoms. The molecule has 5 nitrogen and oxygen atoms in total. The molecule has 19 heavy (non-hydrogen) atoms. The van der Waals surface area contributed by atoms with E-state index in [0.717, 1.165) is 11.8 Å². The van der Waals surface area contributed by atoms with Crippen molar-refractivity contribution in [2.75, 3.05) is 11.6 Å². The van der Waals surface area contributed by atoms with Crippen molar-refractivity contribution in [3.05, 3.63) is 29.8 Å². The van der Waals surface area contributed by atoms with Gasteiger partial charge in [0.1, 0.15) is 4.75 Å². The Kier molecular flexibility index (Phi) is 4.32. The molecule has 0 unspecified atom stereocenters. The number of amides is 1. The number of nitrogens with one attached hydrogen (secondary N) is 1. The average Bonchev–Trinajstić information content (AvgIpc) is 2.30. The normalized spacial score (nSPS) is 11.7. The standard InChI is InChI=1S/C13H16N2O3S/c1-13(2,19(3,17)18)12(16)15-11-6-4-10(5-7-11)8-9-14/h4-7H,8H2,1-3H3,(H,15,16). The zero-order valence-electron chi connectivity index (χ0n) is 11.1. The van der Waals surface area contributed by atoms with E-state index in [1.807, 2.05) is 6.07 Å². The minimum Gasteiger partial charge on any atom is -0.325 e. The molecule has 0 aliphatic rings. The minimum absolute atomic E-state index is 0.295. The fourth-order valence-corrected chi connectivity index (χ4v) is 1.64. The number of carbonyl (C=O) groups excluding carboxylic acids is 1. The topological polar surface area (TPSA) is 87.0 Å². The number of hydrogen-bond acceptors (Lipinski definition) is 4. The van der Waals surface area contributed by atoms with Gasteiger partial charge in [0.05, 0.1) is 12.5 Å². The highest BCUT2D eigenvalue weighted by atomic mass is 32.2. The lowest BCUT2D eigenvalue weighted by Gasteiger charge is -2.21. The second kappa shape index (κ2) is 5.41. The molecular formula is C13H16N2O3S. The quantitative estimate of drug-likeness (QED) is 0.905. The summed E-state index contributed by atoms with van der Waals surface area (Å²) in [4.78, 5) is 11.9. The molecule has 0 spiro atoms. The number of benzene rings is 1. The van der Waals surface area contributed by atoms with E-state index in [4.69, 9.17) is 5.26 Å². The van der Waals surface area contributed by atoms with Crippen LogP contribution in [0.1, 0.15) is 19.4 Å². The molecule has 0 fully saturated rings. The predicted molar refractivity (Wildman–Crippen MR) is 73.3 cm³/mol. The molecule has 0 heterocycles. The van der Waals surface area contributed by atoms with Crippen LogP contribution < -0.4 is 5.32 Å². The van der Waals surface area contributed by atoms with Crippen molar-refractivity contribution in [3.63, 3.8) is 0 Å². The summed E-state index contributed by atoms with van der Waals surface area (Å²) in [5.74, 6) is -0.581. The third-order valence-corrected chi connectivity index (χ3v) is 5.01. The van der Waals surface area contributed by atoms with Gasteiger partial charge in [-0.05, 0) is 31.5 Å². The van der Waals surface area contributed by atoms with Crippen molar-refractivity contribution in [1.82, 2.24) is 0 Å². The number of nitrogens with zero attached hydrogens (tertiary/aromatic N) is 1. The van der Waals surface area contributed by atoms with Crippen LogP contribution in [0.25, 0.3) is 0 Å². The highest BCUT2D eigenvalue weighted by molar-refractivity contribution is 7.92. The Bertz CT molecular complexity index is 610. The van der Waals surface area contributed by atoms with Gasteiger partial charge in [0, 0.05) is 11.9 Å². The van der Waals surface area contributed by atoms with E-state index in [-0.39, 0.29) is 0 Å². The number of sulfone groups is 1. The predicted octanol–water partition coefficient (Wildman–Crippen LogP) is 1.51. The van der Waals surface area contributed by atoms with Gasteiger partial charge in [0.2, 0.25) is 5.91 Å². The van der Waals surface area contributed by atoms with Crippen molar-refractivity contribution < 1.29 is 13.2 Å². The van der Waals surface area contributed by atoms with Crippen molar-refractivity contribution in [2.24, 2.45) is 0 Å². The Labute approximate surface area is 113 Å². The Hall–Kier alpha value is -1.87. The molecule has 1 aromatic rings. The molecule has 102 valence electrons. The van der Waals surface area contributed by atoms with Crippen LogP contribution in [0, 0.1) is 11.3 Å². The van der Waals surface area contributed by atoms with Crippen molar-refractivity contribution in [2.45, 2.75) is 25.0 Å². The van der Waals surface area contributed by atoms with Crippen LogP contribution in [0.3, 0.4) is 0 Å². The molecule has 0 bridgehead atoms. The molecule has 1 N–H and O–H groups in total. The van der Waals surface area contributed by atoms with Gasteiger partial charge in [-0.15, -0.1) is 0 Å². The van der Waals surface area contributed by atoms with E-state index in [0.29, 0.717) is 12.1 Å². The van der Waals surface area contributed by atoms with Crippen LogP contribution >= 0.6 is 0 Å². The van der Waals surface area contributed by atoms with Crippen molar-refractivity contribution >= 4 is 21.4 Å². The summed E-state index contributed by atoms with van der Waals surface area (Å²) in [5, 5.41) is 11.1. The van der Waals surface area contributed by atoms with Crippen molar-refractivity contribution in [1.29, 1.82) is 5.26 Å². The molecule has 0 atom stereocenters. The highest BCUT2D eigenvalue weighted by Gasteiger charge is 2.38. The maximum absolute atomic E-state index is 11.9. The van der Waals surface area contributed by atoms with E-state index in [2.05, 4.69) is 5.32 Å². The maximum atomic E-state index is 11.9. The number of hydrogen-bond donors (Lipinski definition) is 1. The summed E-state index contributed by atoms with van der Waals surface area (Å²) >= 11 is 0. The summed E-state index contributed by atoms with van der Waals surface area (Å²) in [5.41, 5.74) is 1.34. The molecule has 1 rings (SSSR count). The summed E-state index contributed by atoms with van der Waals surface area (Å²) in [6, 6.07) is 8.73. The summed E-state index contributed by atoms with van der Waals surface area (Å²) in [7, 11) is -3.49. The van der Waals surface area contributed by atoms with Gasteiger partial charge in [0.25, 0.3) is 0 Å². The van der Waals surface area contributed by atoms with Gasteiger partial charge in [-0.2, -0.15) is 5.26 Å². The van der Waals surface area contributed by atoms with Crippen LogP contribution in [0.5, 0.6) is 0 Å². The fourth-order valence-electron chi connectivity index (χ4n) is 1.25. The van der Waals surface area contributed by atoms with Crippen LogP contribution in [0.15, 0.2) is 24.3 Å². The molecule has 0 aliphatic heterocycles. The first-order valence-electron chi connectivity index (χ1n) is 5.65. The number of anilines is 1. The van der Waals surface area contributed by atoms with E-state index >= 15 is 0 Å². The van der Waals surface area contributed by atoms with Gasteiger partial charge in [0.15, 0.2) is 9.84 Å². The average molecular weight is 280 g/mol. The number of carbonyl (C=O) groups is 1. The number of rotatable bonds is 4.